The summed E-state index contributed by atoms with van der Waals surface area (Å²) < 4.78 is 16.2. The summed E-state index contributed by atoms with van der Waals surface area (Å²) in [6.07, 6.45) is 6.30. The summed E-state index contributed by atoms with van der Waals surface area (Å²) in [7, 11) is 0. The molecule has 0 bridgehead atoms. The van der Waals surface area contributed by atoms with E-state index in [2.05, 4.69) is 5.16 Å². The molecule has 1 aromatic heterocycles. The summed E-state index contributed by atoms with van der Waals surface area (Å²) in [5, 5.41) is 3.60. The third-order valence-corrected chi connectivity index (χ3v) is 4.79. The van der Waals surface area contributed by atoms with Crippen LogP contribution in [0.1, 0.15) is 56.0 Å². The molecule has 24 heavy (non-hydrogen) atoms. The monoisotopic (exact) mass is 336 g/mol. The molecule has 1 spiro atoms. The van der Waals surface area contributed by atoms with Crippen molar-refractivity contribution in [2.45, 2.75) is 57.2 Å². The molecule has 2 atom stereocenters. The average Bonchev–Trinajstić information content (AvgIpc) is 3.23. The maximum Gasteiger partial charge on any atom is 0.305 e. The van der Waals surface area contributed by atoms with Crippen LogP contribution in [0.15, 0.2) is 16.8 Å². The molecule has 0 saturated carbocycles. The van der Waals surface area contributed by atoms with Crippen molar-refractivity contribution in [1.29, 1.82) is 0 Å². The lowest BCUT2D eigenvalue weighted by atomic mass is 9.89. The number of likely N-dealkylation sites (tertiary alicyclic amines) is 1. The van der Waals surface area contributed by atoms with Crippen molar-refractivity contribution < 1.29 is 23.6 Å². The molecule has 2 saturated heterocycles. The van der Waals surface area contributed by atoms with E-state index in [9.17, 15) is 9.59 Å². The number of aromatic nitrogens is 1. The van der Waals surface area contributed by atoms with Crippen molar-refractivity contribution in [2.24, 2.45) is 0 Å². The minimum atomic E-state index is -0.284. The van der Waals surface area contributed by atoms with E-state index in [0.717, 1.165) is 25.7 Å². The minimum absolute atomic E-state index is 0.0646. The van der Waals surface area contributed by atoms with Gasteiger partial charge in [0.05, 0.1) is 31.1 Å². The van der Waals surface area contributed by atoms with Gasteiger partial charge in [0.1, 0.15) is 0 Å². The molecule has 7 heteroatoms. The van der Waals surface area contributed by atoms with Gasteiger partial charge in [0.2, 0.25) is 5.76 Å². The molecular weight excluding hydrogens is 312 g/mol. The van der Waals surface area contributed by atoms with Gasteiger partial charge in [-0.05, 0) is 39.0 Å². The first-order chi connectivity index (χ1) is 11.6. The van der Waals surface area contributed by atoms with Gasteiger partial charge in [-0.25, -0.2) is 0 Å². The molecule has 2 fully saturated rings. The number of esters is 1. The minimum Gasteiger partial charge on any atom is -0.466 e. The second kappa shape index (κ2) is 7.34. The second-order valence-electron chi connectivity index (χ2n) is 6.51. The first-order valence-electron chi connectivity index (χ1n) is 8.65. The molecule has 1 amide bonds. The Morgan fingerprint density at radius 3 is 3.08 bits per heavy atom. The maximum absolute atomic E-state index is 12.4. The van der Waals surface area contributed by atoms with E-state index in [0.29, 0.717) is 32.5 Å². The molecule has 0 N–H and O–H groups in total. The second-order valence-corrected chi connectivity index (χ2v) is 6.51. The van der Waals surface area contributed by atoms with Crippen LogP contribution >= 0.6 is 0 Å². The topological polar surface area (TPSA) is 81.9 Å². The Hall–Kier alpha value is -1.89. The predicted molar refractivity (Wildman–Crippen MR) is 84.3 cm³/mol. The molecule has 0 unspecified atom stereocenters. The van der Waals surface area contributed by atoms with Crippen LogP contribution in [0.5, 0.6) is 0 Å². The van der Waals surface area contributed by atoms with Crippen molar-refractivity contribution in [1.82, 2.24) is 10.1 Å². The number of piperidine rings is 1. The fourth-order valence-corrected chi connectivity index (χ4v) is 3.66. The molecule has 0 aliphatic carbocycles. The van der Waals surface area contributed by atoms with E-state index in [-0.39, 0.29) is 29.3 Å². The van der Waals surface area contributed by atoms with E-state index in [1.165, 1.54) is 6.20 Å². The molecular formula is C17H24N2O5. The molecule has 2 aliphatic heterocycles. The van der Waals surface area contributed by atoms with Crippen LogP contribution < -0.4 is 0 Å². The normalized spacial score (nSPS) is 26.7. The fraction of sp³-hybridized carbons (Fsp3) is 0.706. The van der Waals surface area contributed by atoms with Crippen molar-refractivity contribution in [3.8, 4) is 0 Å². The smallest absolute Gasteiger partial charge is 0.305 e. The molecule has 7 nitrogen and oxygen atoms in total. The third kappa shape index (κ3) is 3.77. The highest BCUT2D eigenvalue weighted by atomic mass is 16.5. The average molecular weight is 336 g/mol. The number of ether oxygens (including phenoxy) is 2. The molecule has 0 radical (unpaired) electrons. The summed E-state index contributed by atoms with van der Waals surface area (Å²) >= 11 is 0. The summed E-state index contributed by atoms with van der Waals surface area (Å²) in [4.78, 5) is 25.7. The summed E-state index contributed by atoms with van der Waals surface area (Å²) in [6.45, 7) is 3.49. The van der Waals surface area contributed by atoms with Crippen molar-refractivity contribution >= 4 is 11.9 Å². The van der Waals surface area contributed by atoms with Gasteiger partial charge in [0.15, 0.2) is 0 Å². The predicted octanol–water partition coefficient (Wildman–Crippen LogP) is 2.17. The largest absolute Gasteiger partial charge is 0.466 e. The standard InChI is InChI=1S/C17H24N2O5/c1-2-22-15(20)5-4-13-6-9-17(23-13)8-3-11-19(12-17)16(21)14-7-10-18-24-14/h7,10,13H,2-6,8-9,11-12H2,1H3/t13-,17+/m1/s1. The maximum atomic E-state index is 12.4. The fourth-order valence-electron chi connectivity index (χ4n) is 3.66. The summed E-state index contributed by atoms with van der Waals surface area (Å²) in [5.74, 6) is -0.0399. The zero-order valence-corrected chi connectivity index (χ0v) is 14.0. The van der Waals surface area contributed by atoms with Crippen LogP contribution in [0, 0.1) is 0 Å². The van der Waals surface area contributed by atoms with Gasteiger partial charge in [0.25, 0.3) is 5.91 Å². The van der Waals surface area contributed by atoms with Crippen molar-refractivity contribution in [2.75, 3.05) is 19.7 Å². The number of carbonyl (C=O) groups is 2. The first kappa shape index (κ1) is 17.0. The van der Waals surface area contributed by atoms with Crippen LogP contribution in [0.3, 0.4) is 0 Å². The van der Waals surface area contributed by atoms with Gasteiger partial charge in [-0.2, -0.15) is 0 Å². The molecule has 2 aliphatic rings. The molecule has 3 heterocycles. The van der Waals surface area contributed by atoms with Crippen LogP contribution in [-0.4, -0.2) is 53.3 Å². The molecule has 3 rings (SSSR count). The lowest BCUT2D eigenvalue weighted by Crippen LogP contribution is -2.50. The number of rotatable bonds is 5. The lowest BCUT2D eigenvalue weighted by Gasteiger charge is -2.39. The van der Waals surface area contributed by atoms with E-state index < -0.39 is 0 Å². The quantitative estimate of drug-likeness (QED) is 0.767. The Morgan fingerprint density at radius 2 is 2.33 bits per heavy atom. The molecule has 0 aromatic carbocycles. The van der Waals surface area contributed by atoms with Gasteiger partial charge < -0.3 is 18.9 Å². The van der Waals surface area contributed by atoms with Gasteiger partial charge in [0, 0.05) is 19.0 Å². The SMILES string of the molecule is CCOC(=O)CC[C@@H]1CC[C@]2(CCCN(C(=O)c3ccno3)C2)O1. The van der Waals surface area contributed by atoms with E-state index in [1.54, 1.807) is 17.9 Å². The number of nitrogens with zero attached hydrogens (tertiary/aromatic N) is 2. The Balaban J connectivity index is 1.54. The Morgan fingerprint density at radius 1 is 1.46 bits per heavy atom. The first-order valence-corrected chi connectivity index (χ1v) is 8.65. The van der Waals surface area contributed by atoms with Gasteiger partial charge in [-0.1, -0.05) is 5.16 Å². The molecule has 132 valence electrons. The Kier molecular flexibility index (Phi) is 5.18. The van der Waals surface area contributed by atoms with E-state index >= 15 is 0 Å². The van der Waals surface area contributed by atoms with Crippen molar-refractivity contribution in [3.63, 3.8) is 0 Å². The zero-order valence-electron chi connectivity index (χ0n) is 14.0. The van der Waals surface area contributed by atoms with Gasteiger partial charge >= 0.3 is 5.97 Å². The summed E-state index contributed by atoms with van der Waals surface area (Å²) in [5.41, 5.74) is -0.284. The number of carbonyl (C=O) groups excluding carboxylic acids is 2. The van der Waals surface area contributed by atoms with E-state index in [1.807, 2.05) is 0 Å². The van der Waals surface area contributed by atoms with Crippen LogP contribution in [0.25, 0.3) is 0 Å². The van der Waals surface area contributed by atoms with Crippen LogP contribution in [0.4, 0.5) is 0 Å². The number of amides is 1. The van der Waals surface area contributed by atoms with Crippen LogP contribution in [0.2, 0.25) is 0 Å². The highest BCUT2D eigenvalue weighted by molar-refractivity contribution is 5.91. The van der Waals surface area contributed by atoms with Crippen LogP contribution in [-0.2, 0) is 14.3 Å². The van der Waals surface area contributed by atoms with Gasteiger partial charge in [-0.15, -0.1) is 0 Å². The number of hydrogen-bond acceptors (Lipinski definition) is 6. The molecule has 1 aromatic rings. The number of hydrogen-bond donors (Lipinski definition) is 0. The Bertz CT molecular complexity index is 574. The zero-order chi connectivity index (χ0) is 17.0. The third-order valence-electron chi connectivity index (χ3n) is 4.79. The summed E-state index contributed by atoms with van der Waals surface area (Å²) in [6, 6.07) is 1.58. The lowest BCUT2D eigenvalue weighted by molar-refractivity contribution is -0.144. The van der Waals surface area contributed by atoms with E-state index in [4.69, 9.17) is 14.0 Å². The Labute approximate surface area is 141 Å². The highest BCUT2D eigenvalue weighted by Gasteiger charge is 2.44. The highest BCUT2D eigenvalue weighted by Crippen LogP contribution is 2.39. The van der Waals surface area contributed by atoms with Gasteiger partial charge in [-0.3, -0.25) is 9.59 Å². The van der Waals surface area contributed by atoms with Crippen molar-refractivity contribution in [3.05, 3.63) is 18.0 Å².